The second-order valence-corrected chi connectivity index (χ2v) is 2.87. The summed E-state index contributed by atoms with van der Waals surface area (Å²) in [5, 5.41) is 3.43. The van der Waals surface area contributed by atoms with E-state index >= 15 is 0 Å². The van der Waals surface area contributed by atoms with Crippen LogP contribution in [-0.2, 0) is 14.2 Å². The van der Waals surface area contributed by atoms with Crippen molar-refractivity contribution in [2.45, 2.75) is 38.5 Å². The van der Waals surface area contributed by atoms with Crippen LogP contribution in [0.25, 0.3) is 0 Å². The van der Waals surface area contributed by atoms with E-state index in [0.29, 0.717) is 0 Å². The predicted molar refractivity (Wildman–Crippen MR) is 49.5 cm³/mol. The van der Waals surface area contributed by atoms with Gasteiger partial charge >= 0.3 is 28.3 Å². The Morgan fingerprint density at radius 1 is 0.727 bits per heavy atom. The Morgan fingerprint density at radius 3 is 1.55 bits per heavy atom. The summed E-state index contributed by atoms with van der Waals surface area (Å²) in [6.45, 7) is 2.50. The molecule has 1 nitrogen and oxygen atoms in total. The maximum absolute atomic E-state index is 3.43. The van der Waals surface area contributed by atoms with Crippen LogP contribution in [0.2, 0.25) is 0 Å². The van der Waals surface area contributed by atoms with Crippen molar-refractivity contribution in [3.05, 3.63) is 0 Å². The van der Waals surface area contributed by atoms with Gasteiger partial charge in [-0.05, 0) is 25.9 Å². The Kier molecular flexibility index (Phi) is 11.9. The van der Waals surface area contributed by atoms with Gasteiger partial charge in [-0.1, -0.05) is 25.7 Å². The molecule has 0 spiro atoms. The molecule has 0 saturated carbocycles. The molecule has 0 atom stereocenters. The van der Waals surface area contributed by atoms with Gasteiger partial charge in [0.25, 0.3) is 0 Å². The zero-order valence-corrected chi connectivity index (χ0v) is 9.58. The van der Waals surface area contributed by atoms with Crippen molar-refractivity contribution in [2.24, 2.45) is 0 Å². The Balaban J connectivity index is 0.000000461. The molecule has 1 aliphatic heterocycles. The second-order valence-electron chi connectivity index (χ2n) is 2.87. The predicted octanol–water partition coefficient (Wildman–Crippen LogP) is 2.77. The van der Waals surface area contributed by atoms with Crippen LogP contribution in [0, 0.1) is 0 Å². The Hall–Kier alpha value is 0.959. The summed E-state index contributed by atoms with van der Waals surface area (Å²) in [5.41, 5.74) is 0. The Bertz CT molecular complexity index is 42.6. The van der Waals surface area contributed by atoms with Crippen molar-refractivity contribution >= 4 is 14.1 Å². The number of halogens is 1. The van der Waals surface area contributed by atoms with Crippen LogP contribution in [0.5, 0.6) is 0 Å². The van der Waals surface area contributed by atoms with E-state index in [9.17, 15) is 0 Å². The van der Waals surface area contributed by atoms with Gasteiger partial charge in [0, 0.05) is 0 Å². The number of nitrogens with one attached hydrogen (secondary N) is 1. The molecular formula is C8H17BrFeN. The third-order valence-electron chi connectivity index (χ3n) is 1.96. The first-order valence-electron chi connectivity index (χ1n) is 4.34. The monoisotopic (exact) mass is 262 g/mol. The molecule has 0 aromatic rings. The molecule has 1 N–H and O–H groups in total. The zero-order valence-electron chi connectivity index (χ0n) is 6.89. The van der Waals surface area contributed by atoms with Gasteiger partial charge in [0.15, 0.2) is 0 Å². The van der Waals surface area contributed by atoms with Crippen molar-refractivity contribution in [3.8, 4) is 0 Å². The van der Waals surface area contributed by atoms with Gasteiger partial charge in [-0.3, -0.25) is 0 Å². The molecule has 1 saturated heterocycles. The molecule has 1 heterocycles. The maximum atomic E-state index is 3.43. The van der Waals surface area contributed by atoms with Gasteiger partial charge in [-0.2, -0.15) is 0 Å². The molecule has 3 heteroatoms. The molecule has 0 bridgehead atoms. The normalized spacial score (nSPS) is 20.2. The van der Waals surface area contributed by atoms with Gasteiger partial charge in [0.2, 0.25) is 0 Å². The second kappa shape index (κ2) is 11.0. The van der Waals surface area contributed by atoms with Crippen molar-refractivity contribution in [1.82, 2.24) is 5.32 Å². The fraction of sp³-hybridized carbons (Fsp3) is 1.00. The molecule has 1 fully saturated rings. The number of hydrogen-bond donors (Lipinski definition) is 1. The van der Waals surface area contributed by atoms with Crippen molar-refractivity contribution in [2.75, 3.05) is 13.1 Å². The molecule has 1 rings (SSSR count). The van der Waals surface area contributed by atoms with E-state index in [1.807, 2.05) is 0 Å². The van der Waals surface area contributed by atoms with Gasteiger partial charge in [0.1, 0.15) is 0 Å². The van der Waals surface area contributed by atoms with E-state index in [4.69, 9.17) is 0 Å². The Labute approximate surface area is 85.2 Å². The molecule has 0 radical (unpaired) electrons. The van der Waals surface area contributed by atoms with E-state index in [-0.39, 0.29) is 0 Å². The van der Waals surface area contributed by atoms with Gasteiger partial charge in [-0.25, -0.2) is 0 Å². The van der Waals surface area contributed by atoms with Crippen LogP contribution in [0.4, 0.5) is 0 Å². The SMILES string of the molecule is C1CCCCNCCC1.[Fe][Br]. The fourth-order valence-corrected chi connectivity index (χ4v) is 1.33. The van der Waals surface area contributed by atoms with Crippen molar-refractivity contribution < 1.29 is 14.2 Å². The number of rotatable bonds is 0. The molecule has 0 aromatic heterocycles. The quantitative estimate of drug-likeness (QED) is 0.662. The molecular weight excluding hydrogens is 246 g/mol. The first kappa shape index (κ1) is 12.0. The van der Waals surface area contributed by atoms with E-state index < -0.39 is 0 Å². The minimum absolute atomic E-state index is 1.25. The summed E-state index contributed by atoms with van der Waals surface area (Å²) in [5.74, 6) is 0. The molecule has 1 aliphatic rings. The van der Waals surface area contributed by atoms with Crippen LogP contribution >= 0.6 is 14.1 Å². The summed E-state index contributed by atoms with van der Waals surface area (Å²) in [6, 6.07) is 0. The summed E-state index contributed by atoms with van der Waals surface area (Å²) in [7, 11) is 0. The molecule has 0 unspecified atom stereocenters. The van der Waals surface area contributed by atoms with Crippen molar-refractivity contribution in [3.63, 3.8) is 0 Å². The molecule has 11 heavy (non-hydrogen) atoms. The zero-order chi connectivity index (χ0) is 8.36. The third kappa shape index (κ3) is 8.87. The van der Waals surface area contributed by atoms with Crippen LogP contribution in [-0.4, -0.2) is 13.1 Å². The van der Waals surface area contributed by atoms with E-state index in [1.165, 1.54) is 51.6 Å². The molecule has 0 aliphatic carbocycles. The third-order valence-corrected chi connectivity index (χ3v) is 1.96. The average Bonchev–Trinajstić information content (AvgIpc) is 2.22. The van der Waals surface area contributed by atoms with Crippen LogP contribution < -0.4 is 5.32 Å². The standard InChI is InChI=1S/C8H17N.BrH.Fe/c1-2-4-6-8-9-7-5-3-1;;/h9H,1-8H2;1H;/q;;+1/p-1. The van der Waals surface area contributed by atoms with Gasteiger partial charge in [0.05, 0.1) is 0 Å². The first-order valence-corrected chi connectivity index (χ1v) is 7.07. The molecule has 0 aromatic carbocycles. The summed E-state index contributed by atoms with van der Waals surface area (Å²) < 4.78 is 0. The Morgan fingerprint density at radius 2 is 1.09 bits per heavy atom. The van der Waals surface area contributed by atoms with Crippen LogP contribution in [0.3, 0.4) is 0 Å². The van der Waals surface area contributed by atoms with Crippen molar-refractivity contribution in [1.29, 1.82) is 0 Å². The van der Waals surface area contributed by atoms with Gasteiger partial charge in [-0.15, -0.1) is 0 Å². The summed E-state index contributed by atoms with van der Waals surface area (Å²) >= 11 is 5.75. The number of hydrogen-bond acceptors (Lipinski definition) is 1. The topological polar surface area (TPSA) is 12.0 Å². The summed E-state index contributed by atoms with van der Waals surface area (Å²) in [6.07, 6.45) is 8.57. The first-order chi connectivity index (χ1) is 5.50. The van der Waals surface area contributed by atoms with Gasteiger partial charge < -0.3 is 5.32 Å². The minimum atomic E-state index is 1.25. The van der Waals surface area contributed by atoms with E-state index in [0.717, 1.165) is 0 Å². The molecule has 69 valence electrons. The van der Waals surface area contributed by atoms with E-state index in [2.05, 4.69) is 33.6 Å². The average molecular weight is 263 g/mol. The molecule has 0 amide bonds. The van der Waals surface area contributed by atoms with Crippen LogP contribution in [0.1, 0.15) is 38.5 Å². The van der Waals surface area contributed by atoms with E-state index in [1.54, 1.807) is 0 Å². The fourth-order valence-electron chi connectivity index (χ4n) is 1.33. The summed E-state index contributed by atoms with van der Waals surface area (Å²) in [4.78, 5) is 0. The van der Waals surface area contributed by atoms with Crippen LogP contribution in [0.15, 0.2) is 0 Å².